The van der Waals surface area contributed by atoms with Gasteiger partial charge in [-0.3, -0.25) is 9.89 Å². The molecular formula is C13H10N4O. The van der Waals surface area contributed by atoms with Crippen LogP contribution < -0.4 is 5.32 Å². The highest BCUT2D eigenvalue weighted by molar-refractivity contribution is 6.05. The third-order valence-corrected chi connectivity index (χ3v) is 2.61. The van der Waals surface area contributed by atoms with Crippen molar-refractivity contribution in [3.63, 3.8) is 0 Å². The van der Waals surface area contributed by atoms with E-state index in [1.54, 1.807) is 36.7 Å². The fraction of sp³-hybridized carbons (Fsp3) is 0. The van der Waals surface area contributed by atoms with Gasteiger partial charge in [0.1, 0.15) is 5.82 Å². The number of benzene rings is 1. The van der Waals surface area contributed by atoms with Crippen LogP contribution in [0, 0.1) is 0 Å². The highest BCUT2D eigenvalue weighted by Gasteiger charge is 2.07. The topological polar surface area (TPSA) is 70.7 Å². The van der Waals surface area contributed by atoms with Crippen LogP contribution >= 0.6 is 0 Å². The molecule has 1 aromatic carbocycles. The largest absolute Gasteiger partial charge is 0.307 e. The van der Waals surface area contributed by atoms with E-state index in [1.165, 1.54) is 0 Å². The van der Waals surface area contributed by atoms with Crippen LogP contribution in [0.2, 0.25) is 0 Å². The molecule has 0 atom stereocenters. The molecule has 3 aromatic rings. The van der Waals surface area contributed by atoms with Crippen LogP contribution in [0.25, 0.3) is 10.9 Å². The van der Waals surface area contributed by atoms with Gasteiger partial charge in [-0.05, 0) is 30.3 Å². The Balaban J connectivity index is 1.87. The fourth-order valence-electron chi connectivity index (χ4n) is 1.71. The van der Waals surface area contributed by atoms with Gasteiger partial charge in [0.15, 0.2) is 0 Å². The minimum Gasteiger partial charge on any atom is -0.307 e. The first-order valence-electron chi connectivity index (χ1n) is 5.48. The van der Waals surface area contributed by atoms with Crippen LogP contribution in [-0.2, 0) is 0 Å². The number of hydrogen-bond acceptors (Lipinski definition) is 3. The van der Waals surface area contributed by atoms with E-state index in [-0.39, 0.29) is 5.91 Å². The molecule has 18 heavy (non-hydrogen) atoms. The standard InChI is InChI=1S/C13H10N4O/c18-13(16-12-3-1-2-6-14-12)9-4-5-11-10(7-9)8-15-17-11/h1-8H,(H,15,17)(H,14,16,18). The zero-order chi connectivity index (χ0) is 12.4. The quantitative estimate of drug-likeness (QED) is 0.719. The molecule has 0 bridgehead atoms. The van der Waals surface area contributed by atoms with Crippen molar-refractivity contribution in [3.05, 3.63) is 54.4 Å². The summed E-state index contributed by atoms with van der Waals surface area (Å²) in [5.41, 5.74) is 1.49. The van der Waals surface area contributed by atoms with Gasteiger partial charge >= 0.3 is 0 Å². The molecule has 5 nitrogen and oxygen atoms in total. The molecule has 2 aromatic heterocycles. The molecule has 0 unspecified atom stereocenters. The van der Waals surface area contributed by atoms with Crippen LogP contribution in [0.4, 0.5) is 5.82 Å². The second kappa shape index (κ2) is 4.29. The summed E-state index contributed by atoms with van der Waals surface area (Å²) in [6, 6.07) is 10.7. The summed E-state index contributed by atoms with van der Waals surface area (Å²) in [6.45, 7) is 0. The van der Waals surface area contributed by atoms with Crippen LogP contribution in [0.15, 0.2) is 48.8 Å². The zero-order valence-corrected chi connectivity index (χ0v) is 9.42. The number of amides is 1. The van der Waals surface area contributed by atoms with E-state index in [9.17, 15) is 4.79 Å². The molecule has 0 fully saturated rings. The first-order chi connectivity index (χ1) is 8.83. The molecular weight excluding hydrogens is 228 g/mol. The molecule has 0 spiro atoms. The number of aromatic nitrogens is 3. The number of nitrogens with one attached hydrogen (secondary N) is 2. The Morgan fingerprint density at radius 2 is 2.17 bits per heavy atom. The van der Waals surface area contributed by atoms with E-state index >= 15 is 0 Å². The number of carbonyl (C=O) groups is 1. The summed E-state index contributed by atoms with van der Waals surface area (Å²) in [7, 11) is 0. The van der Waals surface area contributed by atoms with E-state index in [0.29, 0.717) is 11.4 Å². The molecule has 0 saturated carbocycles. The highest BCUT2D eigenvalue weighted by Crippen LogP contribution is 2.14. The molecule has 0 radical (unpaired) electrons. The van der Waals surface area contributed by atoms with Crippen molar-refractivity contribution < 1.29 is 4.79 Å². The maximum absolute atomic E-state index is 12.0. The monoisotopic (exact) mass is 238 g/mol. The van der Waals surface area contributed by atoms with Crippen LogP contribution in [0.1, 0.15) is 10.4 Å². The lowest BCUT2D eigenvalue weighted by Crippen LogP contribution is -2.12. The van der Waals surface area contributed by atoms with Gasteiger partial charge in [-0.1, -0.05) is 6.07 Å². The van der Waals surface area contributed by atoms with Gasteiger partial charge in [0.05, 0.1) is 11.7 Å². The fourth-order valence-corrected chi connectivity index (χ4v) is 1.71. The summed E-state index contributed by atoms with van der Waals surface area (Å²) in [4.78, 5) is 16.0. The Morgan fingerprint density at radius 3 is 3.00 bits per heavy atom. The first-order valence-corrected chi connectivity index (χ1v) is 5.48. The zero-order valence-electron chi connectivity index (χ0n) is 9.42. The van der Waals surface area contributed by atoms with Gasteiger partial charge in [0.25, 0.3) is 5.91 Å². The Labute approximate surface area is 103 Å². The van der Waals surface area contributed by atoms with Gasteiger partial charge < -0.3 is 5.32 Å². The number of H-pyrrole nitrogens is 1. The van der Waals surface area contributed by atoms with Crippen molar-refractivity contribution in [2.75, 3.05) is 5.32 Å². The van der Waals surface area contributed by atoms with E-state index in [4.69, 9.17) is 0 Å². The first kappa shape index (κ1) is 10.5. The minimum absolute atomic E-state index is 0.184. The van der Waals surface area contributed by atoms with Crippen molar-refractivity contribution in [2.24, 2.45) is 0 Å². The van der Waals surface area contributed by atoms with E-state index in [0.717, 1.165) is 10.9 Å². The molecule has 5 heteroatoms. The lowest BCUT2D eigenvalue weighted by atomic mass is 10.1. The third-order valence-electron chi connectivity index (χ3n) is 2.61. The summed E-state index contributed by atoms with van der Waals surface area (Å²) in [5.74, 6) is 0.353. The maximum atomic E-state index is 12.0. The normalized spacial score (nSPS) is 10.4. The van der Waals surface area contributed by atoms with Gasteiger partial charge in [-0.2, -0.15) is 5.10 Å². The molecule has 0 aliphatic heterocycles. The number of carbonyl (C=O) groups excluding carboxylic acids is 1. The van der Waals surface area contributed by atoms with Crippen LogP contribution in [-0.4, -0.2) is 21.1 Å². The van der Waals surface area contributed by atoms with Crippen molar-refractivity contribution in [3.8, 4) is 0 Å². The Hall–Kier alpha value is -2.69. The lowest BCUT2D eigenvalue weighted by molar-refractivity contribution is 0.102. The number of pyridine rings is 1. The van der Waals surface area contributed by atoms with Gasteiger partial charge in [-0.25, -0.2) is 4.98 Å². The SMILES string of the molecule is O=C(Nc1ccccn1)c1ccc2[nH]ncc2c1. The van der Waals surface area contributed by atoms with Crippen molar-refractivity contribution in [2.45, 2.75) is 0 Å². The van der Waals surface area contributed by atoms with E-state index in [2.05, 4.69) is 20.5 Å². The van der Waals surface area contributed by atoms with E-state index in [1.807, 2.05) is 12.1 Å². The summed E-state index contributed by atoms with van der Waals surface area (Å²) in [6.07, 6.45) is 3.32. The number of nitrogens with zero attached hydrogens (tertiary/aromatic N) is 2. The molecule has 88 valence electrons. The summed E-state index contributed by atoms with van der Waals surface area (Å²) >= 11 is 0. The number of rotatable bonds is 2. The van der Waals surface area contributed by atoms with Crippen LogP contribution in [0.5, 0.6) is 0 Å². The van der Waals surface area contributed by atoms with Gasteiger partial charge in [0.2, 0.25) is 0 Å². The van der Waals surface area contributed by atoms with Crippen LogP contribution in [0.3, 0.4) is 0 Å². The average molecular weight is 238 g/mol. The van der Waals surface area contributed by atoms with Gasteiger partial charge in [0, 0.05) is 17.1 Å². The average Bonchev–Trinajstić information content (AvgIpc) is 2.87. The Kier molecular flexibility index (Phi) is 2.49. The molecule has 2 heterocycles. The second-order valence-electron chi connectivity index (χ2n) is 3.84. The molecule has 2 N–H and O–H groups in total. The maximum Gasteiger partial charge on any atom is 0.256 e. The number of aromatic amines is 1. The van der Waals surface area contributed by atoms with Crippen molar-refractivity contribution in [1.82, 2.24) is 15.2 Å². The van der Waals surface area contributed by atoms with Crippen molar-refractivity contribution >= 4 is 22.6 Å². The molecule has 3 rings (SSSR count). The summed E-state index contributed by atoms with van der Waals surface area (Å²) in [5, 5.41) is 10.4. The lowest BCUT2D eigenvalue weighted by Gasteiger charge is -2.03. The summed E-state index contributed by atoms with van der Waals surface area (Å²) < 4.78 is 0. The predicted molar refractivity (Wildman–Crippen MR) is 68.3 cm³/mol. The number of hydrogen-bond donors (Lipinski definition) is 2. The predicted octanol–water partition coefficient (Wildman–Crippen LogP) is 2.21. The van der Waals surface area contributed by atoms with Gasteiger partial charge in [-0.15, -0.1) is 0 Å². The Morgan fingerprint density at radius 1 is 1.22 bits per heavy atom. The van der Waals surface area contributed by atoms with Crippen molar-refractivity contribution in [1.29, 1.82) is 0 Å². The van der Waals surface area contributed by atoms with E-state index < -0.39 is 0 Å². The number of fused-ring (bicyclic) bond motifs is 1. The molecule has 0 aliphatic carbocycles. The Bertz CT molecular complexity index is 690. The molecule has 0 saturated heterocycles. The minimum atomic E-state index is -0.184. The highest BCUT2D eigenvalue weighted by atomic mass is 16.1. The molecule has 0 aliphatic rings. The number of anilines is 1. The third kappa shape index (κ3) is 1.93. The molecule has 1 amide bonds. The second-order valence-corrected chi connectivity index (χ2v) is 3.84. The smallest absolute Gasteiger partial charge is 0.256 e.